The minimum Gasteiger partial charge on any atom is -0.455 e. The molecule has 0 radical (unpaired) electrons. The Morgan fingerprint density at radius 3 is 1.14 bits per heavy atom. The van der Waals surface area contributed by atoms with Gasteiger partial charge in [0.2, 0.25) is 0 Å². The average molecular weight is 1560 g/mol. The molecule has 0 unspecified atom stereocenters. The number of thiophene rings is 1. The van der Waals surface area contributed by atoms with Gasteiger partial charge >= 0.3 is 0 Å². The van der Waals surface area contributed by atoms with Crippen LogP contribution in [0.5, 0.6) is 0 Å². The van der Waals surface area contributed by atoms with Gasteiger partial charge in [0.1, 0.15) is 55.9 Å². The molecule has 10 aromatic heterocycles. The van der Waals surface area contributed by atoms with Gasteiger partial charge < -0.3 is 22.2 Å². The van der Waals surface area contributed by atoms with Crippen molar-refractivity contribution in [2.45, 2.75) is 0 Å². The van der Waals surface area contributed by atoms with Crippen molar-refractivity contribution in [2.24, 2.45) is 0 Å². The first-order chi connectivity index (χ1) is 59.4. The van der Waals surface area contributed by atoms with E-state index in [0.717, 1.165) is 142 Å². The summed E-state index contributed by atoms with van der Waals surface area (Å²) in [6, 6.07) is 118. The summed E-state index contributed by atoms with van der Waals surface area (Å²) in [6.45, 7) is 0. The van der Waals surface area contributed by atoms with Crippen LogP contribution in [0.25, 0.3) is 260 Å². The number of benzene rings is 15. The van der Waals surface area contributed by atoms with E-state index in [9.17, 15) is 0 Å². The lowest BCUT2D eigenvalue weighted by Crippen LogP contribution is -2.00. The lowest BCUT2D eigenvalue weighted by Gasteiger charge is -2.11. The highest BCUT2D eigenvalue weighted by Gasteiger charge is 2.29. The molecule has 15 aromatic carbocycles. The Labute approximate surface area is 685 Å². The summed E-state index contributed by atoms with van der Waals surface area (Å²) in [6.07, 6.45) is 0. The van der Waals surface area contributed by atoms with E-state index in [4.69, 9.17) is 67.5 Å². The van der Waals surface area contributed by atoms with Crippen molar-refractivity contribution in [1.29, 1.82) is 0 Å². The fourth-order valence-electron chi connectivity index (χ4n) is 17.5. The summed E-state index contributed by atoms with van der Waals surface area (Å²) < 4.78 is 32.6. The molecule has 16 heteroatoms. The molecule has 0 aliphatic carbocycles. The molecule has 25 aromatic rings. The smallest absolute Gasteiger partial charge is 0.180 e. The standard InChI is InChI=1S/C104H57N11O4S/c1-4-25-58(26-5-1)97-109-101(64-53-54-67-66-35-10-14-46-78(66)115(79(67)57-64)65-33-8-3-9-34-65)113-102(110-97)73-41-22-49-82-86(73)71-39-20-44-76(93(71)118-82)91-95-89(68-36-11-15-47-80(68)116-95)105-99(107-91)62-31-18-29-60(55-62)61-30-19-32-63(56-61)100-106-90-69-37-12-16-48-81(69)117-96(90)92(108-100)77-45-21-40-72-87-74(42-23-50-83(87)119-94(72)77)103-111-98(59-27-6-2-7-28-59)112-104(114-103)75-43-24-52-85-88(75)70-38-13-17-51-84(70)120-85/h1-57H. The van der Waals surface area contributed by atoms with E-state index in [1.165, 1.54) is 4.70 Å². The van der Waals surface area contributed by atoms with Crippen LogP contribution in [0.3, 0.4) is 0 Å². The predicted molar refractivity (Wildman–Crippen MR) is 481 cm³/mol. The third kappa shape index (κ3) is 10.7. The maximum atomic E-state index is 7.12. The Kier molecular flexibility index (Phi) is 14.9. The number of para-hydroxylation sites is 6. The van der Waals surface area contributed by atoms with Crippen molar-refractivity contribution >= 4 is 141 Å². The van der Waals surface area contributed by atoms with Crippen LogP contribution >= 0.6 is 11.3 Å². The van der Waals surface area contributed by atoms with Crippen molar-refractivity contribution in [3.63, 3.8) is 0 Å². The van der Waals surface area contributed by atoms with Gasteiger partial charge in [-0.3, -0.25) is 0 Å². The SMILES string of the molecule is c1ccc(-c2nc(-c3ccc4c5ccccc5n(-c5ccccc5)c4c3)nc(-c3cccc4oc5c(-c6nc(-c7cccc(-c8cccc(-c9nc(-c%10cccc%11c%10oc%10cccc(-c%12nc(-c%13ccccc%13)nc(-c%13cccc%14sc%15ccccc%15c%13%14)n%12)c%10%11)c%10oc%11ccccc%11c%10n9)c8)c7)nc7c6oc6ccccc67)cccc5c34)n2)cc1. The van der Waals surface area contributed by atoms with Crippen molar-refractivity contribution < 1.29 is 17.7 Å². The van der Waals surface area contributed by atoms with E-state index in [1.807, 2.05) is 176 Å². The first kappa shape index (κ1) is 67.1. The van der Waals surface area contributed by atoms with Crippen LogP contribution in [-0.2, 0) is 0 Å². The number of hydrogen-bond acceptors (Lipinski definition) is 15. The van der Waals surface area contributed by atoms with Crippen LogP contribution < -0.4 is 0 Å². The molecule has 0 saturated heterocycles. The van der Waals surface area contributed by atoms with Crippen LogP contribution in [0.1, 0.15) is 0 Å². The maximum absolute atomic E-state index is 7.12. The highest BCUT2D eigenvalue weighted by molar-refractivity contribution is 7.26. The van der Waals surface area contributed by atoms with E-state index < -0.39 is 0 Å². The van der Waals surface area contributed by atoms with E-state index in [2.05, 4.69) is 174 Å². The van der Waals surface area contributed by atoms with E-state index in [0.29, 0.717) is 114 Å². The van der Waals surface area contributed by atoms with Gasteiger partial charge in [-0.2, -0.15) is 0 Å². The molecule has 0 aliphatic heterocycles. The molecule has 25 rings (SSSR count). The molecule has 0 saturated carbocycles. The highest BCUT2D eigenvalue weighted by atomic mass is 32.1. The summed E-state index contributed by atoms with van der Waals surface area (Å²) >= 11 is 1.77. The lowest BCUT2D eigenvalue weighted by atomic mass is 9.99. The van der Waals surface area contributed by atoms with Crippen molar-refractivity contribution in [1.82, 2.24) is 54.4 Å². The minimum absolute atomic E-state index is 0.497. The van der Waals surface area contributed by atoms with Gasteiger partial charge in [0.05, 0.1) is 11.0 Å². The number of aromatic nitrogens is 11. The van der Waals surface area contributed by atoms with Crippen LogP contribution in [0.15, 0.2) is 363 Å². The van der Waals surface area contributed by atoms with Gasteiger partial charge in [-0.1, -0.05) is 249 Å². The van der Waals surface area contributed by atoms with Crippen molar-refractivity contribution in [3.05, 3.63) is 346 Å². The molecule has 0 amide bonds. The molecule has 0 N–H and O–H groups in total. The Hall–Kier alpha value is -16.3. The Bertz CT molecular complexity index is 8580. The Morgan fingerprint density at radius 2 is 0.575 bits per heavy atom. The van der Waals surface area contributed by atoms with E-state index in [-0.39, 0.29) is 0 Å². The first-order valence-electron chi connectivity index (χ1n) is 39.6. The Morgan fingerprint density at radius 1 is 0.208 bits per heavy atom. The number of nitrogens with zero attached hydrogens (tertiary/aromatic N) is 11. The zero-order valence-corrected chi connectivity index (χ0v) is 64.2. The molecule has 0 spiro atoms. The number of furan rings is 4. The van der Waals surface area contributed by atoms with Crippen molar-refractivity contribution in [2.75, 3.05) is 0 Å². The molecular weight excluding hydrogens is 1500 g/mol. The molecule has 0 atom stereocenters. The van der Waals surface area contributed by atoms with Gasteiger partial charge in [0.15, 0.2) is 57.8 Å². The summed E-state index contributed by atoms with van der Waals surface area (Å²) in [7, 11) is 0. The number of hydrogen-bond donors (Lipinski definition) is 0. The fourth-order valence-corrected chi connectivity index (χ4v) is 18.7. The summed E-state index contributed by atoms with van der Waals surface area (Å²) in [5.41, 5.74) is 20.6. The Balaban J connectivity index is 0.599. The van der Waals surface area contributed by atoms with Gasteiger partial charge in [0.25, 0.3) is 0 Å². The quantitative estimate of drug-likeness (QED) is 0.112. The van der Waals surface area contributed by atoms with Gasteiger partial charge in [-0.05, 0) is 108 Å². The molecule has 120 heavy (non-hydrogen) atoms. The third-order valence-corrected chi connectivity index (χ3v) is 24.1. The second kappa shape index (κ2) is 26.6. The number of rotatable bonds is 12. The summed E-state index contributed by atoms with van der Waals surface area (Å²) in [5, 5.41) is 9.67. The lowest BCUT2D eigenvalue weighted by molar-refractivity contribution is 0.663. The van der Waals surface area contributed by atoms with E-state index in [1.54, 1.807) is 11.3 Å². The molecule has 558 valence electrons. The molecule has 10 heterocycles. The monoisotopic (exact) mass is 1560 g/mol. The predicted octanol–water partition coefficient (Wildman–Crippen LogP) is 27.0. The molecule has 15 nitrogen and oxygen atoms in total. The summed E-state index contributed by atoms with van der Waals surface area (Å²) in [4.78, 5) is 53.7. The normalized spacial score (nSPS) is 12.0. The number of fused-ring (bicyclic) bond motifs is 18. The highest BCUT2D eigenvalue weighted by Crippen LogP contribution is 2.48. The first-order valence-corrected chi connectivity index (χ1v) is 40.4. The zero-order valence-electron chi connectivity index (χ0n) is 63.4. The van der Waals surface area contributed by atoms with Crippen LogP contribution in [0.2, 0.25) is 0 Å². The van der Waals surface area contributed by atoms with Crippen LogP contribution in [-0.4, -0.2) is 54.4 Å². The van der Waals surface area contributed by atoms with Gasteiger partial charge in [-0.15, -0.1) is 11.3 Å². The molecule has 0 bridgehead atoms. The maximum Gasteiger partial charge on any atom is 0.180 e. The molecule has 0 aliphatic rings. The molecule has 0 fully saturated rings. The van der Waals surface area contributed by atoms with Crippen LogP contribution in [0, 0.1) is 0 Å². The largest absolute Gasteiger partial charge is 0.455 e. The second-order valence-corrected chi connectivity index (χ2v) is 31.1. The summed E-state index contributed by atoms with van der Waals surface area (Å²) in [5.74, 6) is 4.23. The van der Waals surface area contributed by atoms with Crippen molar-refractivity contribution in [3.8, 4) is 130 Å². The van der Waals surface area contributed by atoms with Crippen LogP contribution in [0.4, 0.5) is 0 Å². The fraction of sp³-hybridized carbons (Fsp3) is 0. The average Bonchev–Trinajstić information content (AvgIpc) is 1.57. The minimum atomic E-state index is 0.497. The van der Waals surface area contributed by atoms with E-state index >= 15 is 0 Å². The zero-order chi connectivity index (χ0) is 78.6. The molecular formula is C104H57N11O4S. The van der Waals surface area contributed by atoms with Gasteiger partial charge in [0, 0.05) is 125 Å². The second-order valence-electron chi connectivity index (χ2n) is 30.0. The topological polar surface area (TPSA) is 186 Å². The van der Waals surface area contributed by atoms with Gasteiger partial charge in [-0.25, -0.2) is 49.8 Å². The third-order valence-electron chi connectivity index (χ3n) is 23.0.